The Labute approximate surface area is 152 Å². The predicted molar refractivity (Wildman–Crippen MR) is 95.6 cm³/mol. The van der Waals surface area contributed by atoms with Crippen molar-refractivity contribution in [3.05, 3.63) is 47.5 Å². The molecule has 3 heterocycles. The maximum Gasteiger partial charge on any atom is 0.212 e. The Bertz CT molecular complexity index is 819. The van der Waals surface area contributed by atoms with E-state index in [-0.39, 0.29) is 17.6 Å². The second kappa shape index (κ2) is 5.89. The molecule has 2 aromatic rings. The van der Waals surface area contributed by atoms with E-state index in [2.05, 4.69) is 32.0 Å². The van der Waals surface area contributed by atoms with Gasteiger partial charge in [-0.05, 0) is 23.8 Å². The summed E-state index contributed by atoms with van der Waals surface area (Å²) < 4.78 is 27.6. The Morgan fingerprint density at radius 3 is 2.19 bits per heavy atom. The molecule has 2 unspecified atom stereocenters. The van der Waals surface area contributed by atoms with Gasteiger partial charge >= 0.3 is 0 Å². The first-order valence-electron chi connectivity index (χ1n) is 9.06. The molecule has 3 aliphatic heterocycles. The van der Waals surface area contributed by atoms with Crippen LogP contribution in [0.2, 0.25) is 0 Å². The molecule has 2 aromatic carbocycles. The normalized spacial score (nSPS) is 22.2. The van der Waals surface area contributed by atoms with Crippen LogP contribution in [0.4, 0.5) is 0 Å². The molecule has 0 aromatic heterocycles. The fourth-order valence-corrected chi connectivity index (χ4v) is 3.16. The molecule has 26 heavy (non-hydrogen) atoms. The van der Waals surface area contributed by atoms with Gasteiger partial charge < -0.3 is 23.7 Å². The predicted octanol–water partition coefficient (Wildman–Crippen LogP) is 3.67. The molecule has 2 atom stereocenters. The van der Waals surface area contributed by atoms with Gasteiger partial charge in [0.25, 0.3) is 0 Å². The molecular formula is C21H22O5. The van der Waals surface area contributed by atoms with Crippen LogP contribution in [0.5, 0.6) is 23.0 Å². The van der Waals surface area contributed by atoms with Gasteiger partial charge in [0, 0.05) is 11.0 Å². The molecule has 0 bridgehead atoms. The smallest absolute Gasteiger partial charge is 0.212 e. The maximum atomic E-state index is 5.78. The van der Waals surface area contributed by atoms with Crippen molar-refractivity contribution >= 4 is 0 Å². The van der Waals surface area contributed by atoms with Crippen molar-refractivity contribution in [1.29, 1.82) is 0 Å². The molecular weight excluding hydrogens is 332 g/mol. The van der Waals surface area contributed by atoms with Crippen molar-refractivity contribution in [2.45, 2.75) is 31.5 Å². The van der Waals surface area contributed by atoms with Crippen LogP contribution in [0.25, 0.3) is 0 Å². The van der Waals surface area contributed by atoms with Gasteiger partial charge in [0.15, 0.2) is 11.5 Å². The van der Waals surface area contributed by atoms with Crippen LogP contribution in [-0.2, 0) is 14.9 Å². The van der Waals surface area contributed by atoms with Gasteiger partial charge in [-0.15, -0.1) is 0 Å². The van der Waals surface area contributed by atoms with Crippen molar-refractivity contribution < 1.29 is 23.7 Å². The van der Waals surface area contributed by atoms with Crippen molar-refractivity contribution in [3.8, 4) is 23.0 Å². The van der Waals surface area contributed by atoms with Gasteiger partial charge in [-0.2, -0.15) is 0 Å². The van der Waals surface area contributed by atoms with Crippen LogP contribution in [0.3, 0.4) is 0 Å². The highest BCUT2D eigenvalue weighted by Crippen LogP contribution is 2.58. The Morgan fingerprint density at radius 2 is 1.54 bits per heavy atom. The summed E-state index contributed by atoms with van der Waals surface area (Å²) >= 11 is 0. The number of benzene rings is 2. The van der Waals surface area contributed by atoms with Gasteiger partial charge in [-0.25, -0.2) is 0 Å². The first-order valence-corrected chi connectivity index (χ1v) is 9.06. The van der Waals surface area contributed by atoms with Gasteiger partial charge in [0.05, 0.1) is 13.2 Å². The molecule has 0 spiro atoms. The molecule has 0 amide bonds. The monoisotopic (exact) mass is 354 g/mol. The topological polar surface area (TPSA) is 56.0 Å². The third-order valence-electron chi connectivity index (χ3n) is 5.15. The lowest BCUT2D eigenvalue weighted by Gasteiger charge is -2.25. The van der Waals surface area contributed by atoms with E-state index in [4.69, 9.17) is 23.7 Å². The third kappa shape index (κ3) is 3.13. The van der Waals surface area contributed by atoms with Crippen molar-refractivity contribution in [2.75, 3.05) is 26.4 Å². The van der Waals surface area contributed by atoms with E-state index in [1.807, 2.05) is 18.2 Å². The SMILES string of the molecule is CC(C)(c1ccc(OCC2CO2)cc1)c1ccc(OCC2CO2)c2c1O2. The van der Waals surface area contributed by atoms with E-state index in [0.29, 0.717) is 13.2 Å². The summed E-state index contributed by atoms with van der Waals surface area (Å²) in [5, 5.41) is 0. The van der Waals surface area contributed by atoms with Crippen LogP contribution < -0.4 is 14.2 Å². The first-order chi connectivity index (χ1) is 12.6. The van der Waals surface area contributed by atoms with E-state index in [9.17, 15) is 0 Å². The molecule has 0 saturated carbocycles. The zero-order valence-electron chi connectivity index (χ0n) is 15.0. The van der Waals surface area contributed by atoms with Crippen molar-refractivity contribution in [3.63, 3.8) is 0 Å². The van der Waals surface area contributed by atoms with E-state index in [1.54, 1.807) is 0 Å². The second-order valence-corrected chi connectivity index (χ2v) is 7.55. The first kappa shape index (κ1) is 16.0. The third-order valence-corrected chi connectivity index (χ3v) is 5.15. The molecule has 0 N–H and O–H groups in total. The van der Waals surface area contributed by atoms with Crippen LogP contribution in [0.15, 0.2) is 36.4 Å². The molecule has 0 aliphatic carbocycles. The fraction of sp³-hybridized carbons (Fsp3) is 0.429. The number of rotatable bonds is 8. The highest BCUT2D eigenvalue weighted by atomic mass is 16.6. The summed E-state index contributed by atoms with van der Waals surface area (Å²) in [4.78, 5) is 0. The minimum Gasteiger partial charge on any atom is -0.491 e. The van der Waals surface area contributed by atoms with Gasteiger partial charge in [-0.3, -0.25) is 0 Å². The number of fused-ring (bicyclic) bond motifs is 1. The molecule has 2 fully saturated rings. The zero-order chi connectivity index (χ0) is 17.7. The van der Waals surface area contributed by atoms with E-state index >= 15 is 0 Å². The van der Waals surface area contributed by atoms with Crippen LogP contribution >= 0.6 is 0 Å². The lowest BCUT2D eigenvalue weighted by molar-refractivity contribution is 0.261. The summed E-state index contributed by atoms with van der Waals surface area (Å²) in [6, 6.07) is 12.4. The molecule has 3 aliphatic rings. The van der Waals surface area contributed by atoms with Gasteiger partial charge in [-0.1, -0.05) is 32.0 Å². The summed E-state index contributed by atoms with van der Waals surface area (Å²) in [7, 11) is 0. The summed E-state index contributed by atoms with van der Waals surface area (Å²) in [6.45, 7) is 7.22. The maximum absolute atomic E-state index is 5.78. The lowest BCUT2D eigenvalue weighted by Crippen LogP contribution is -2.18. The van der Waals surface area contributed by atoms with Crippen LogP contribution in [0.1, 0.15) is 25.0 Å². The molecule has 5 nitrogen and oxygen atoms in total. The second-order valence-electron chi connectivity index (χ2n) is 7.55. The standard InChI is InChI=1S/C21H22O5/c1-21(2,13-3-5-14(6-4-13)22-9-15-10-23-15)17-7-8-18(20-19(17)26-20)25-12-16-11-24-16/h3-8,15-16H,9-12H2,1-2H3. The van der Waals surface area contributed by atoms with E-state index in [0.717, 1.165) is 36.2 Å². The molecule has 2 saturated heterocycles. The quantitative estimate of drug-likeness (QED) is 0.578. The van der Waals surface area contributed by atoms with E-state index in [1.165, 1.54) is 11.1 Å². The molecule has 5 rings (SSSR count). The Hall–Kier alpha value is -2.24. The number of hydrogen-bond donors (Lipinski definition) is 0. The minimum absolute atomic E-state index is 0.170. The largest absolute Gasteiger partial charge is 0.491 e. The number of ether oxygens (including phenoxy) is 5. The number of hydrogen-bond acceptors (Lipinski definition) is 5. The summed E-state index contributed by atoms with van der Waals surface area (Å²) in [5.41, 5.74) is 2.21. The van der Waals surface area contributed by atoms with Crippen LogP contribution in [-0.4, -0.2) is 38.6 Å². The molecule has 136 valence electrons. The van der Waals surface area contributed by atoms with Crippen LogP contribution in [0, 0.1) is 0 Å². The summed E-state index contributed by atoms with van der Waals surface area (Å²) in [6.07, 6.45) is 0.512. The van der Waals surface area contributed by atoms with Gasteiger partial charge in [0.1, 0.15) is 31.2 Å². The Kier molecular flexibility index (Phi) is 3.62. The van der Waals surface area contributed by atoms with E-state index < -0.39 is 0 Å². The molecule has 5 heteroatoms. The highest BCUT2D eigenvalue weighted by Gasteiger charge is 2.38. The average molecular weight is 354 g/mol. The van der Waals surface area contributed by atoms with Crippen molar-refractivity contribution in [2.24, 2.45) is 0 Å². The average Bonchev–Trinajstić information content (AvgIpc) is 3.50. The summed E-state index contributed by atoms with van der Waals surface area (Å²) in [5.74, 6) is 3.48. The van der Waals surface area contributed by atoms with Gasteiger partial charge in [0.2, 0.25) is 5.75 Å². The zero-order valence-corrected chi connectivity index (χ0v) is 15.0. The molecule has 0 radical (unpaired) electrons. The lowest BCUT2D eigenvalue weighted by atomic mass is 9.78. The Balaban J connectivity index is 1.31. The fourth-order valence-electron chi connectivity index (χ4n) is 3.16. The number of epoxide rings is 2. The highest BCUT2D eigenvalue weighted by molar-refractivity contribution is 5.69. The Morgan fingerprint density at radius 1 is 0.885 bits per heavy atom. The minimum atomic E-state index is -0.170. The van der Waals surface area contributed by atoms with Crippen molar-refractivity contribution in [1.82, 2.24) is 0 Å².